The average molecular weight is 168 g/mol. The van der Waals surface area contributed by atoms with Crippen molar-refractivity contribution in [2.45, 2.75) is 0 Å². The second-order valence-corrected chi connectivity index (χ2v) is 3.48. The minimum atomic E-state index is -1.23. The standard InChI is InChI=1S/C8H8O2S/c1-3-7-5-10-11(9)6-8(7)4-2/h1-2,7-8H,5-6H2. The fourth-order valence-electron chi connectivity index (χ4n) is 0.905. The van der Waals surface area contributed by atoms with Gasteiger partial charge >= 0.3 is 0 Å². The summed E-state index contributed by atoms with van der Waals surface area (Å²) >= 11 is -1.23. The molecule has 1 saturated heterocycles. The minimum Gasteiger partial charge on any atom is -0.289 e. The first-order valence-electron chi connectivity index (χ1n) is 3.22. The molecule has 0 aliphatic carbocycles. The SMILES string of the molecule is C#CC1COS(=O)CC1C#C. The number of rotatable bonds is 0. The van der Waals surface area contributed by atoms with Crippen molar-refractivity contribution in [2.75, 3.05) is 12.4 Å². The van der Waals surface area contributed by atoms with Crippen LogP contribution in [0.2, 0.25) is 0 Å². The van der Waals surface area contributed by atoms with E-state index < -0.39 is 11.1 Å². The number of terminal acetylenes is 2. The van der Waals surface area contributed by atoms with Crippen molar-refractivity contribution in [1.82, 2.24) is 0 Å². The molecule has 0 bridgehead atoms. The third-order valence-corrected chi connectivity index (χ3v) is 2.64. The van der Waals surface area contributed by atoms with E-state index in [2.05, 4.69) is 11.8 Å². The lowest BCUT2D eigenvalue weighted by Gasteiger charge is -2.22. The van der Waals surface area contributed by atoms with E-state index in [4.69, 9.17) is 17.0 Å². The molecule has 3 heteroatoms. The first-order chi connectivity index (χ1) is 5.27. The van der Waals surface area contributed by atoms with Gasteiger partial charge in [0.25, 0.3) is 0 Å². The molecule has 3 atom stereocenters. The van der Waals surface area contributed by atoms with Gasteiger partial charge in [0.1, 0.15) is 0 Å². The van der Waals surface area contributed by atoms with E-state index in [1.807, 2.05) is 0 Å². The van der Waals surface area contributed by atoms with Crippen molar-refractivity contribution in [3.8, 4) is 24.7 Å². The maximum Gasteiger partial charge on any atom is 0.156 e. The van der Waals surface area contributed by atoms with Gasteiger partial charge in [0.15, 0.2) is 11.1 Å². The van der Waals surface area contributed by atoms with E-state index in [-0.39, 0.29) is 11.8 Å². The second-order valence-electron chi connectivity index (χ2n) is 2.30. The Kier molecular flexibility index (Phi) is 2.70. The van der Waals surface area contributed by atoms with E-state index in [1.54, 1.807) is 0 Å². The predicted octanol–water partition coefficient (Wildman–Crippen LogP) is 0.179. The van der Waals surface area contributed by atoms with Gasteiger partial charge in [-0.05, 0) is 0 Å². The van der Waals surface area contributed by atoms with Crippen LogP contribution in [0, 0.1) is 36.5 Å². The topological polar surface area (TPSA) is 26.3 Å². The van der Waals surface area contributed by atoms with Gasteiger partial charge in [-0.15, -0.1) is 18.8 Å². The van der Waals surface area contributed by atoms with Gasteiger partial charge in [-0.2, -0.15) is 0 Å². The molecule has 1 heterocycles. The minimum absolute atomic E-state index is 0.0716. The Hall–Kier alpha value is -0.770. The second kappa shape index (κ2) is 3.57. The Balaban J connectivity index is 2.66. The summed E-state index contributed by atoms with van der Waals surface area (Å²) in [6.45, 7) is 0.317. The van der Waals surface area contributed by atoms with Crippen LogP contribution in [0.1, 0.15) is 0 Å². The lowest BCUT2D eigenvalue weighted by atomic mass is 9.96. The fraction of sp³-hybridized carbons (Fsp3) is 0.500. The number of hydrogen-bond acceptors (Lipinski definition) is 2. The molecule has 0 radical (unpaired) electrons. The third kappa shape index (κ3) is 1.83. The molecule has 2 nitrogen and oxygen atoms in total. The maximum absolute atomic E-state index is 10.8. The summed E-state index contributed by atoms with van der Waals surface area (Å²) in [6, 6.07) is 0. The maximum atomic E-state index is 10.8. The summed E-state index contributed by atoms with van der Waals surface area (Å²) in [4.78, 5) is 0. The van der Waals surface area contributed by atoms with Crippen LogP contribution in [0.3, 0.4) is 0 Å². The quantitative estimate of drug-likeness (QED) is 0.482. The summed E-state index contributed by atoms with van der Waals surface area (Å²) in [6.07, 6.45) is 10.4. The van der Waals surface area contributed by atoms with Gasteiger partial charge in [0.05, 0.1) is 18.3 Å². The smallest absolute Gasteiger partial charge is 0.156 e. The summed E-state index contributed by atoms with van der Waals surface area (Å²) in [5.74, 6) is 5.25. The average Bonchev–Trinajstić information content (AvgIpc) is 2.04. The van der Waals surface area contributed by atoms with Crippen LogP contribution in [0.5, 0.6) is 0 Å². The van der Waals surface area contributed by atoms with Crippen molar-refractivity contribution in [3.05, 3.63) is 0 Å². The predicted molar refractivity (Wildman–Crippen MR) is 43.6 cm³/mol. The van der Waals surface area contributed by atoms with Crippen LogP contribution in [0.4, 0.5) is 0 Å². The molecule has 0 saturated carbocycles. The molecule has 0 amide bonds. The molecule has 0 aromatic carbocycles. The van der Waals surface area contributed by atoms with Gasteiger partial charge in [-0.1, -0.05) is 5.92 Å². The zero-order valence-corrected chi connectivity index (χ0v) is 6.76. The largest absolute Gasteiger partial charge is 0.289 e. The fourth-order valence-corrected chi connectivity index (χ4v) is 1.92. The van der Waals surface area contributed by atoms with Gasteiger partial charge in [-0.3, -0.25) is 4.18 Å². The lowest BCUT2D eigenvalue weighted by molar-refractivity contribution is 0.259. The highest BCUT2D eigenvalue weighted by molar-refractivity contribution is 7.80. The normalized spacial score (nSPS) is 37.1. The van der Waals surface area contributed by atoms with Crippen LogP contribution in [0.25, 0.3) is 0 Å². The Labute approximate surface area is 69.0 Å². The summed E-state index contributed by atoms with van der Waals surface area (Å²) in [5, 5.41) is 0. The molecule has 1 aliphatic rings. The zero-order chi connectivity index (χ0) is 8.27. The van der Waals surface area contributed by atoms with Gasteiger partial charge in [-0.25, -0.2) is 4.21 Å². The summed E-state index contributed by atoms with van der Waals surface area (Å²) < 4.78 is 15.7. The Morgan fingerprint density at radius 1 is 1.36 bits per heavy atom. The van der Waals surface area contributed by atoms with Crippen LogP contribution < -0.4 is 0 Å². The first-order valence-corrected chi connectivity index (χ1v) is 4.46. The summed E-state index contributed by atoms with van der Waals surface area (Å²) in [7, 11) is 0. The number of hydrogen-bond donors (Lipinski definition) is 0. The van der Waals surface area contributed by atoms with Gasteiger partial charge in [0, 0.05) is 5.92 Å². The third-order valence-electron chi connectivity index (χ3n) is 1.61. The molecule has 3 unspecified atom stereocenters. The van der Waals surface area contributed by atoms with Crippen molar-refractivity contribution in [1.29, 1.82) is 0 Å². The van der Waals surface area contributed by atoms with E-state index in [9.17, 15) is 4.21 Å². The zero-order valence-electron chi connectivity index (χ0n) is 5.95. The van der Waals surface area contributed by atoms with E-state index in [1.165, 1.54) is 0 Å². The molecule has 11 heavy (non-hydrogen) atoms. The molecule has 1 aliphatic heterocycles. The van der Waals surface area contributed by atoms with E-state index >= 15 is 0 Å². The Bertz CT molecular complexity index is 246. The van der Waals surface area contributed by atoms with E-state index in [0.29, 0.717) is 12.4 Å². The monoisotopic (exact) mass is 168 g/mol. The molecule has 0 aromatic rings. The highest BCUT2D eigenvalue weighted by Crippen LogP contribution is 2.18. The van der Waals surface area contributed by atoms with Crippen LogP contribution in [-0.4, -0.2) is 16.6 Å². The molecule has 0 aromatic heterocycles. The molecular weight excluding hydrogens is 160 g/mol. The molecule has 0 spiro atoms. The summed E-state index contributed by atoms with van der Waals surface area (Å²) in [5.41, 5.74) is 0. The van der Waals surface area contributed by atoms with Gasteiger partial charge in [0.2, 0.25) is 0 Å². The highest BCUT2D eigenvalue weighted by atomic mass is 32.2. The molecule has 0 N–H and O–H groups in total. The molecular formula is C8H8O2S. The van der Waals surface area contributed by atoms with Gasteiger partial charge < -0.3 is 0 Å². The van der Waals surface area contributed by atoms with Crippen molar-refractivity contribution in [3.63, 3.8) is 0 Å². The van der Waals surface area contributed by atoms with Crippen molar-refractivity contribution >= 4 is 11.1 Å². The molecule has 1 rings (SSSR count). The molecule has 1 fully saturated rings. The Morgan fingerprint density at radius 3 is 2.55 bits per heavy atom. The highest BCUT2D eigenvalue weighted by Gasteiger charge is 2.26. The van der Waals surface area contributed by atoms with Crippen LogP contribution >= 0.6 is 0 Å². The van der Waals surface area contributed by atoms with Crippen LogP contribution in [-0.2, 0) is 15.3 Å². The molecule has 58 valence electrons. The van der Waals surface area contributed by atoms with Crippen LogP contribution in [0.15, 0.2) is 0 Å². The lowest BCUT2D eigenvalue weighted by Crippen LogP contribution is -2.29. The van der Waals surface area contributed by atoms with Crippen molar-refractivity contribution < 1.29 is 8.39 Å². The first kappa shape index (κ1) is 8.33. The Morgan fingerprint density at radius 2 is 2.00 bits per heavy atom. The van der Waals surface area contributed by atoms with E-state index in [0.717, 1.165) is 0 Å². The van der Waals surface area contributed by atoms with Crippen molar-refractivity contribution in [2.24, 2.45) is 11.8 Å².